The number of carbonyl (C=O) groups excluding carboxylic acids is 1. The van der Waals surface area contributed by atoms with E-state index >= 15 is 0 Å². The summed E-state index contributed by atoms with van der Waals surface area (Å²) in [4.78, 5) is 17.1. The van der Waals surface area contributed by atoms with Crippen LogP contribution < -0.4 is 5.73 Å². The molecule has 1 aromatic carbocycles. The highest BCUT2D eigenvalue weighted by Crippen LogP contribution is 2.33. The maximum atomic E-state index is 13.2. The van der Waals surface area contributed by atoms with Crippen LogP contribution in [0.2, 0.25) is 0 Å². The highest BCUT2D eigenvalue weighted by atomic mass is 35.5. The first-order valence-corrected chi connectivity index (χ1v) is 11.7. The molecular formula is C20H32ClN3O3S. The van der Waals surface area contributed by atoms with Gasteiger partial charge in [0, 0.05) is 31.6 Å². The summed E-state index contributed by atoms with van der Waals surface area (Å²) in [5.41, 5.74) is 7.29. The maximum Gasteiger partial charge on any atom is 0.239 e. The summed E-state index contributed by atoms with van der Waals surface area (Å²) in [7, 11) is -3.01. The van der Waals surface area contributed by atoms with Gasteiger partial charge < -0.3 is 10.6 Å². The Morgan fingerprint density at radius 3 is 2.50 bits per heavy atom. The predicted molar refractivity (Wildman–Crippen MR) is 114 cm³/mol. The van der Waals surface area contributed by atoms with Gasteiger partial charge in [-0.25, -0.2) is 8.42 Å². The first-order valence-electron chi connectivity index (χ1n) is 9.86. The van der Waals surface area contributed by atoms with Gasteiger partial charge in [0.15, 0.2) is 9.84 Å². The summed E-state index contributed by atoms with van der Waals surface area (Å²) in [6.07, 6.45) is 0.548. The molecule has 3 rings (SSSR count). The molecule has 0 aliphatic carbocycles. The normalized spacial score (nSPS) is 27.9. The SMILES string of the molecule is CCN(C(=O)C(C)N1C[C@@H](CN)[C@H](c2ccccc2)C1)C1CCS(=O)(=O)C1.Cl. The van der Waals surface area contributed by atoms with Gasteiger partial charge in [-0.3, -0.25) is 9.69 Å². The second-order valence-electron chi connectivity index (χ2n) is 7.82. The largest absolute Gasteiger partial charge is 0.338 e. The number of amides is 1. The first-order chi connectivity index (χ1) is 12.9. The number of halogens is 1. The van der Waals surface area contributed by atoms with Gasteiger partial charge in [-0.2, -0.15) is 0 Å². The quantitative estimate of drug-likeness (QED) is 0.740. The molecule has 2 heterocycles. The molecule has 2 fully saturated rings. The van der Waals surface area contributed by atoms with Gasteiger partial charge in [-0.05, 0) is 38.3 Å². The number of benzene rings is 1. The number of nitrogens with zero attached hydrogens (tertiary/aromatic N) is 2. The third-order valence-electron chi connectivity index (χ3n) is 6.18. The number of hydrogen-bond donors (Lipinski definition) is 1. The van der Waals surface area contributed by atoms with Gasteiger partial charge in [0.05, 0.1) is 17.5 Å². The molecule has 6 nitrogen and oxygen atoms in total. The van der Waals surface area contributed by atoms with E-state index in [4.69, 9.17) is 5.73 Å². The molecule has 158 valence electrons. The zero-order valence-electron chi connectivity index (χ0n) is 16.7. The summed E-state index contributed by atoms with van der Waals surface area (Å²) < 4.78 is 23.7. The third kappa shape index (κ3) is 4.87. The minimum atomic E-state index is -3.01. The molecular weight excluding hydrogens is 398 g/mol. The standard InChI is InChI=1S/C20H31N3O3S.ClH/c1-3-23(18-9-10-27(25,26)14-18)20(24)15(2)22-12-17(11-21)19(13-22)16-7-5-4-6-8-16;/h4-8,15,17-19H,3,9-14,21H2,1-2H3;1H/t15?,17-,18?,19+;/m1./s1. The van der Waals surface area contributed by atoms with E-state index in [0.717, 1.165) is 13.1 Å². The molecule has 8 heteroatoms. The van der Waals surface area contributed by atoms with Crippen LogP contribution in [0.3, 0.4) is 0 Å². The van der Waals surface area contributed by atoms with Crippen molar-refractivity contribution in [3.63, 3.8) is 0 Å². The predicted octanol–water partition coefficient (Wildman–Crippen LogP) is 1.51. The number of likely N-dealkylation sites (N-methyl/N-ethyl adjacent to an activating group) is 1. The molecule has 0 spiro atoms. The second kappa shape index (κ2) is 9.57. The number of sulfone groups is 1. The highest BCUT2D eigenvalue weighted by Gasteiger charge is 2.40. The Hall–Kier alpha value is -1.15. The molecule has 0 bridgehead atoms. The van der Waals surface area contributed by atoms with Gasteiger partial charge >= 0.3 is 0 Å². The van der Waals surface area contributed by atoms with Crippen molar-refractivity contribution in [3.8, 4) is 0 Å². The summed E-state index contributed by atoms with van der Waals surface area (Å²) in [6, 6.07) is 9.90. The fraction of sp³-hybridized carbons (Fsp3) is 0.650. The Balaban J connectivity index is 0.00000280. The molecule has 4 atom stereocenters. The van der Waals surface area contributed by atoms with Gasteiger partial charge in [0.25, 0.3) is 0 Å². The molecule has 2 N–H and O–H groups in total. The molecule has 2 aliphatic heterocycles. The van der Waals surface area contributed by atoms with Crippen LogP contribution in [0, 0.1) is 5.92 Å². The van der Waals surface area contributed by atoms with Crippen LogP contribution in [0.5, 0.6) is 0 Å². The van der Waals surface area contributed by atoms with Gasteiger partial charge in [0.2, 0.25) is 5.91 Å². The molecule has 2 saturated heterocycles. The van der Waals surface area contributed by atoms with Crippen LogP contribution in [0.25, 0.3) is 0 Å². The Kier molecular flexibility index (Phi) is 7.90. The monoisotopic (exact) mass is 429 g/mol. The summed E-state index contributed by atoms with van der Waals surface area (Å²) in [5.74, 6) is 0.962. The maximum absolute atomic E-state index is 13.2. The average molecular weight is 430 g/mol. The van der Waals surface area contributed by atoms with Crippen molar-refractivity contribution >= 4 is 28.2 Å². The number of carbonyl (C=O) groups is 1. The molecule has 2 aliphatic rings. The fourth-order valence-electron chi connectivity index (χ4n) is 4.55. The Morgan fingerprint density at radius 2 is 1.96 bits per heavy atom. The lowest BCUT2D eigenvalue weighted by Gasteiger charge is -2.33. The smallest absolute Gasteiger partial charge is 0.239 e. The van der Waals surface area contributed by atoms with Crippen molar-refractivity contribution < 1.29 is 13.2 Å². The number of likely N-dealkylation sites (tertiary alicyclic amines) is 1. The number of hydrogen-bond acceptors (Lipinski definition) is 5. The van der Waals surface area contributed by atoms with Crippen molar-refractivity contribution in [1.82, 2.24) is 9.80 Å². The van der Waals surface area contributed by atoms with Crippen molar-refractivity contribution in [1.29, 1.82) is 0 Å². The molecule has 0 saturated carbocycles. The van der Waals surface area contributed by atoms with Crippen LogP contribution in [-0.4, -0.2) is 73.9 Å². The van der Waals surface area contributed by atoms with Gasteiger partial charge in [0.1, 0.15) is 0 Å². The van der Waals surface area contributed by atoms with Crippen molar-refractivity contribution in [2.75, 3.05) is 37.7 Å². The lowest BCUT2D eigenvalue weighted by atomic mass is 9.89. The van der Waals surface area contributed by atoms with Crippen molar-refractivity contribution in [2.24, 2.45) is 11.7 Å². The second-order valence-corrected chi connectivity index (χ2v) is 10.1. The summed E-state index contributed by atoms with van der Waals surface area (Å²) in [5, 5.41) is 0. The number of nitrogens with two attached hydrogens (primary N) is 1. The van der Waals surface area contributed by atoms with Gasteiger partial charge in [-0.15, -0.1) is 12.4 Å². The lowest BCUT2D eigenvalue weighted by molar-refractivity contribution is -0.137. The van der Waals surface area contributed by atoms with Crippen LogP contribution in [0.1, 0.15) is 31.7 Å². The van der Waals surface area contributed by atoms with Gasteiger partial charge in [-0.1, -0.05) is 30.3 Å². The van der Waals surface area contributed by atoms with Crippen molar-refractivity contribution in [3.05, 3.63) is 35.9 Å². The molecule has 2 unspecified atom stereocenters. The Bertz CT molecular complexity index is 759. The zero-order valence-corrected chi connectivity index (χ0v) is 18.3. The van der Waals surface area contributed by atoms with E-state index in [1.54, 1.807) is 4.90 Å². The van der Waals surface area contributed by atoms with E-state index in [0.29, 0.717) is 31.3 Å². The first kappa shape index (κ1) is 23.1. The Morgan fingerprint density at radius 1 is 1.29 bits per heavy atom. The van der Waals surface area contributed by atoms with E-state index in [-0.39, 0.29) is 41.9 Å². The van der Waals surface area contributed by atoms with E-state index < -0.39 is 9.84 Å². The topological polar surface area (TPSA) is 83.7 Å². The van der Waals surface area contributed by atoms with Crippen LogP contribution >= 0.6 is 12.4 Å². The van der Waals surface area contributed by atoms with Crippen molar-refractivity contribution in [2.45, 2.75) is 38.3 Å². The average Bonchev–Trinajstić information content (AvgIpc) is 3.25. The summed E-state index contributed by atoms with van der Waals surface area (Å²) >= 11 is 0. The van der Waals surface area contributed by atoms with Crippen LogP contribution in [-0.2, 0) is 14.6 Å². The molecule has 0 radical (unpaired) electrons. The molecule has 1 aromatic rings. The van der Waals surface area contributed by atoms with E-state index in [9.17, 15) is 13.2 Å². The fourth-order valence-corrected chi connectivity index (χ4v) is 6.28. The lowest BCUT2D eigenvalue weighted by Crippen LogP contribution is -2.50. The number of rotatable bonds is 6. The molecule has 1 amide bonds. The highest BCUT2D eigenvalue weighted by molar-refractivity contribution is 7.91. The minimum Gasteiger partial charge on any atom is -0.338 e. The van der Waals surface area contributed by atoms with Crippen LogP contribution in [0.15, 0.2) is 30.3 Å². The third-order valence-corrected chi connectivity index (χ3v) is 7.93. The Labute approximate surface area is 174 Å². The van der Waals surface area contributed by atoms with E-state index in [1.807, 2.05) is 32.0 Å². The summed E-state index contributed by atoms with van der Waals surface area (Å²) in [6.45, 7) is 6.60. The zero-order chi connectivity index (χ0) is 19.6. The molecule has 28 heavy (non-hydrogen) atoms. The van der Waals surface area contributed by atoms with E-state index in [1.165, 1.54) is 5.56 Å². The molecule has 0 aromatic heterocycles. The van der Waals surface area contributed by atoms with E-state index in [2.05, 4.69) is 17.0 Å². The van der Waals surface area contributed by atoms with Crippen LogP contribution in [0.4, 0.5) is 0 Å². The minimum absolute atomic E-state index is 0.